The molecule has 2 aromatic carbocycles. The zero-order valence-corrected chi connectivity index (χ0v) is 18.2. The molecule has 0 bridgehead atoms. The quantitative estimate of drug-likeness (QED) is 0.281. The van der Waals surface area contributed by atoms with E-state index >= 15 is 0 Å². The number of hydrogen-bond donors (Lipinski definition) is 0. The number of halogens is 1. The third-order valence-corrected chi connectivity index (χ3v) is 6.25. The SMILES string of the molecule is C=CC1CCC(c2ccc(-c3ccc(OCCCCCCOC)cc3)c(F)c2)CC1. The van der Waals surface area contributed by atoms with Crippen LogP contribution in [-0.2, 0) is 4.74 Å². The lowest BCUT2D eigenvalue weighted by molar-refractivity contribution is 0.191. The fourth-order valence-corrected chi connectivity index (χ4v) is 4.33. The predicted molar refractivity (Wildman–Crippen MR) is 123 cm³/mol. The molecule has 3 rings (SSSR count). The molecule has 1 aliphatic carbocycles. The van der Waals surface area contributed by atoms with Gasteiger partial charge in [-0.3, -0.25) is 0 Å². The molecule has 0 amide bonds. The molecule has 0 aromatic heterocycles. The fourth-order valence-electron chi connectivity index (χ4n) is 4.33. The van der Waals surface area contributed by atoms with Gasteiger partial charge < -0.3 is 9.47 Å². The van der Waals surface area contributed by atoms with Gasteiger partial charge in [0.1, 0.15) is 11.6 Å². The second kappa shape index (κ2) is 11.9. The van der Waals surface area contributed by atoms with Crippen LogP contribution in [-0.4, -0.2) is 20.3 Å². The van der Waals surface area contributed by atoms with Crippen LogP contribution in [0.4, 0.5) is 4.39 Å². The minimum atomic E-state index is -0.136. The lowest BCUT2D eigenvalue weighted by atomic mass is 9.78. The number of methoxy groups -OCH3 is 1. The van der Waals surface area contributed by atoms with Gasteiger partial charge in [0, 0.05) is 19.3 Å². The molecule has 0 spiro atoms. The lowest BCUT2D eigenvalue weighted by Crippen LogP contribution is -2.11. The van der Waals surface area contributed by atoms with Gasteiger partial charge in [-0.05, 0) is 86.1 Å². The van der Waals surface area contributed by atoms with Crippen molar-refractivity contribution in [1.29, 1.82) is 0 Å². The van der Waals surface area contributed by atoms with Crippen molar-refractivity contribution < 1.29 is 13.9 Å². The van der Waals surface area contributed by atoms with Crippen molar-refractivity contribution in [3.05, 3.63) is 66.5 Å². The van der Waals surface area contributed by atoms with Gasteiger partial charge in [-0.1, -0.05) is 36.8 Å². The van der Waals surface area contributed by atoms with Crippen molar-refractivity contribution in [1.82, 2.24) is 0 Å². The van der Waals surface area contributed by atoms with Crippen molar-refractivity contribution in [3.8, 4) is 16.9 Å². The Morgan fingerprint density at radius 3 is 2.27 bits per heavy atom. The zero-order valence-electron chi connectivity index (χ0n) is 18.2. The summed E-state index contributed by atoms with van der Waals surface area (Å²) in [5.74, 6) is 1.80. The van der Waals surface area contributed by atoms with E-state index in [9.17, 15) is 4.39 Å². The molecule has 1 saturated carbocycles. The van der Waals surface area contributed by atoms with Crippen molar-refractivity contribution in [3.63, 3.8) is 0 Å². The summed E-state index contributed by atoms with van der Waals surface area (Å²) in [6, 6.07) is 13.5. The minimum Gasteiger partial charge on any atom is -0.494 e. The Kier molecular flexibility index (Phi) is 8.95. The van der Waals surface area contributed by atoms with Crippen molar-refractivity contribution in [2.24, 2.45) is 5.92 Å². The maximum atomic E-state index is 14.9. The van der Waals surface area contributed by atoms with Crippen LogP contribution in [0.15, 0.2) is 55.1 Å². The summed E-state index contributed by atoms with van der Waals surface area (Å²) in [5, 5.41) is 0. The number of ether oxygens (including phenoxy) is 2. The van der Waals surface area contributed by atoms with Crippen LogP contribution >= 0.6 is 0 Å². The van der Waals surface area contributed by atoms with Gasteiger partial charge >= 0.3 is 0 Å². The normalized spacial score (nSPS) is 18.9. The number of unbranched alkanes of at least 4 members (excludes halogenated alkanes) is 3. The zero-order chi connectivity index (χ0) is 21.2. The van der Waals surface area contributed by atoms with Gasteiger partial charge in [0.15, 0.2) is 0 Å². The van der Waals surface area contributed by atoms with Crippen molar-refractivity contribution in [2.45, 2.75) is 57.3 Å². The molecule has 2 aromatic rings. The van der Waals surface area contributed by atoms with Crippen LogP contribution in [0.3, 0.4) is 0 Å². The van der Waals surface area contributed by atoms with Gasteiger partial charge in [0.05, 0.1) is 6.61 Å². The number of benzene rings is 2. The molecule has 1 aliphatic rings. The number of rotatable bonds is 11. The highest BCUT2D eigenvalue weighted by atomic mass is 19.1. The largest absolute Gasteiger partial charge is 0.494 e. The predicted octanol–water partition coefficient (Wildman–Crippen LogP) is 7.54. The van der Waals surface area contributed by atoms with E-state index in [0.717, 1.165) is 68.4 Å². The highest BCUT2D eigenvalue weighted by Gasteiger charge is 2.21. The summed E-state index contributed by atoms with van der Waals surface area (Å²) in [6.07, 6.45) is 11.1. The monoisotopic (exact) mass is 410 g/mol. The molecule has 3 heteroatoms. The molecule has 0 unspecified atom stereocenters. The summed E-state index contributed by atoms with van der Waals surface area (Å²) in [4.78, 5) is 0. The van der Waals surface area contributed by atoms with Crippen LogP contribution in [0.5, 0.6) is 5.75 Å². The van der Waals surface area contributed by atoms with Gasteiger partial charge in [0.25, 0.3) is 0 Å². The van der Waals surface area contributed by atoms with E-state index in [-0.39, 0.29) is 5.82 Å². The molecule has 0 radical (unpaired) electrons. The summed E-state index contributed by atoms with van der Waals surface area (Å²) in [5.41, 5.74) is 2.67. The molecule has 0 N–H and O–H groups in total. The highest BCUT2D eigenvalue weighted by molar-refractivity contribution is 5.65. The smallest absolute Gasteiger partial charge is 0.131 e. The van der Waals surface area contributed by atoms with Crippen LogP contribution in [0.25, 0.3) is 11.1 Å². The summed E-state index contributed by atoms with van der Waals surface area (Å²) in [6.45, 7) is 5.45. The summed E-state index contributed by atoms with van der Waals surface area (Å²) < 4.78 is 25.7. The van der Waals surface area contributed by atoms with Crippen LogP contribution in [0, 0.1) is 11.7 Å². The summed E-state index contributed by atoms with van der Waals surface area (Å²) >= 11 is 0. The molecule has 162 valence electrons. The van der Waals surface area contributed by atoms with Gasteiger partial charge in [-0.25, -0.2) is 4.39 Å². The average molecular weight is 411 g/mol. The highest BCUT2D eigenvalue weighted by Crippen LogP contribution is 2.37. The van der Waals surface area contributed by atoms with E-state index in [1.165, 1.54) is 6.42 Å². The van der Waals surface area contributed by atoms with Crippen LogP contribution in [0.2, 0.25) is 0 Å². The second-order valence-electron chi connectivity index (χ2n) is 8.37. The molecular formula is C27H35FO2. The Morgan fingerprint density at radius 1 is 0.933 bits per heavy atom. The third kappa shape index (κ3) is 6.43. The van der Waals surface area contributed by atoms with E-state index in [1.807, 2.05) is 30.3 Å². The van der Waals surface area contributed by atoms with Crippen molar-refractivity contribution in [2.75, 3.05) is 20.3 Å². The summed E-state index contributed by atoms with van der Waals surface area (Å²) in [7, 11) is 1.74. The topological polar surface area (TPSA) is 18.5 Å². The Balaban J connectivity index is 1.51. The maximum absolute atomic E-state index is 14.9. The molecule has 0 saturated heterocycles. The Hall–Kier alpha value is -2.13. The number of hydrogen-bond acceptors (Lipinski definition) is 2. The Bertz CT molecular complexity index is 776. The van der Waals surface area contributed by atoms with Gasteiger partial charge in [-0.15, -0.1) is 6.58 Å². The molecule has 30 heavy (non-hydrogen) atoms. The first-order chi connectivity index (χ1) is 14.7. The van der Waals surface area contributed by atoms with E-state index in [4.69, 9.17) is 9.47 Å². The number of allylic oxidation sites excluding steroid dienone is 1. The molecule has 0 heterocycles. The van der Waals surface area contributed by atoms with Crippen LogP contribution in [0.1, 0.15) is 62.8 Å². The molecule has 2 nitrogen and oxygen atoms in total. The standard InChI is InChI=1S/C27H35FO2/c1-3-21-8-10-22(11-9-21)24-14-17-26(27(28)20-24)23-12-15-25(16-13-23)30-19-7-5-4-6-18-29-2/h3,12-17,20-22H,1,4-11,18-19H2,2H3. The third-order valence-electron chi connectivity index (χ3n) is 6.25. The minimum absolute atomic E-state index is 0.136. The Morgan fingerprint density at radius 2 is 1.63 bits per heavy atom. The molecule has 0 aliphatic heterocycles. The van der Waals surface area contributed by atoms with E-state index < -0.39 is 0 Å². The first-order valence-electron chi connectivity index (χ1n) is 11.4. The van der Waals surface area contributed by atoms with Crippen LogP contribution < -0.4 is 4.74 Å². The maximum Gasteiger partial charge on any atom is 0.131 e. The van der Waals surface area contributed by atoms with E-state index in [2.05, 4.69) is 18.7 Å². The van der Waals surface area contributed by atoms with Gasteiger partial charge in [0.2, 0.25) is 0 Å². The fraction of sp³-hybridized carbons (Fsp3) is 0.481. The van der Waals surface area contributed by atoms with Crippen molar-refractivity contribution >= 4 is 0 Å². The lowest BCUT2D eigenvalue weighted by Gasteiger charge is -2.27. The first-order valence-corrected chi connectivity index (χ1v) is 11.4. The second-order valence-corrected chi connectivity index (χ2v) is 8.37. The molecule has 1 fully saturated rings. The van der Waals surface area contributed by atoms with Gasteiger partial charge in [-0.2, -0.15) is 0 Å². The molecule has 0 atom stereocenters. The molecular weight excluding hydrogens is 375 g/mol. The average Bonchev–Trinajstić information content (AvgIpc) is 2.79. The first kappa shape index (κ1) is 22.6. The van der Waals surface area contributed by atoms with E-state index in [1.54, 1.807) is 13.2 Å². The Labute approximate surface area is 181 Å². The van der Waals surface area contributed by atoms with E-state index in [0.29, 0.717) is 24.0 Å².